The molecule has 1 aromatic rings. The van der Waals surface area contributed by atoms with Crippen molar-refractivity contribution in [3.63, 3.8) is 0 Å². The monoisotopic (exact) mass is 381 g/mol. The van der Waals surface area contributed by atoms with Crippen LogP contribution in [-0.2, 0) is 5.60 Å². The summed E-state index contributed by atoms with van der Waals surface area (Å²) in [5.41, 5.74) is -0.166. The minimum atomic E-state index is -0.881. The number of amides is 1. The van der Waals surface area contributed by atoms with Crippen molar-refractivity contribution in [2.75, 3.05) is 13.1 Å². The smallest absolute Gasteiger partial charge is 0.407 e. The van der Waals surface area contributed by atoms with E-state index in [0.717, 1.165) is 16.5 Å². The standard InChI is InChI=1S/C18H24BrNO3/c1-16(2,3)14-17(8-9-20(11-17)15(21)22)10-18(14,23)12-4-6-13(19)7-5-12/h4-7,14,23H,8-11H2,1-3H3,(H,21,22). The summed E-state index contributed by atoms with van der Waals surface area (Å²) in [5, 5.41) is 20.7. The third-order valence-corrected chi connectivity index (χ3v) is 6.11. The van der Waals surface area contributed by atoms with Crippen LogP contribution in [0.1, 0.15) is 39.2 Å². The second kappa shape index (κ2) is 5.21. The molecule has 3 atom stereocenters. The van der Waals surface area contributed by atoms with Gasteiger partial charge in [0, 0.05) is 23.5 Å². The molecule has 1 saturated heterocycles. The molecule has 2 N–H and O–H groups in total. The quantitative estimate of drug-likeness (QED) is 0.770. The molecule has 1 saturated carbocycles. The van der Waals surface area contributed by atoms with E-state index in [1.165, 1.54) is 4.90 Å². The van der Waals surface area contributed by atoms with E-state index in [1.807, 2.05) is 24.3 Å². The Morgan fingerprint density at radius 2 is 1.91 bits per heavy atom. The Balaban J connectivity index is 1.95. The zero-order chi connectivity index (χ0) is 17.0. The number of carboxylic acid groups (broad SMARTS) is 1. The van der Waals surface area contributed by atoms with Crippen LogP contribution >= 0.6 is 15.9 Å². The summed E-state index contributed by atoms with van der Waals surface area (Å²) >= 11 is 3.44. The van der Waals surface area contributed by atoms with Gasteiger partial charge in [0.2, 0.25) is 0 Å². The third-order valence-electron chi connectivity index (χ3n) is 5.58. The molecule has 126 valence electrons. The first-order valence-corrected chi connectivity index (χ1v) is 8.84. The number of hydrogen-bond donors (Lipinski definition) is 2. The van der Waals surface area contributed by atoms with E-state index in [2.05, 4.69) is 36.7 Å². The largest absolute Gasteiger partial charge is 0.465 e. The average molecular weight is 382 g/mol. The van der Waals surface area contributed by atoms with Gasteiger partial charge >= 0.3 is 6.09 Å². The molecule has 1 spiro atoms. The van der Waals surface area contributed by atoms with Gasteiger partial charge in [-0.3, -0.25) is 0 Å². The highest BCUT2D eigenvalue weighted by Gasteiger charge is 2.68. The van der Waals surface area contributed by atoms with Crippen molar-refractivity contribution in [3.8, 4) is 0 Å². The molecular formula is C18H24BrNO3. The van der Waals surface area contributed by atoms with Gasteiger partial charge in [-0.1, -0.05) is 48.8 Å². The minimum Gasteiger partial charge on any atom is -0.465 e. The fraction of sp³-hybridized carbons (Fsp3) is 0.611. The number of hydrogen-bond acceptors (Lipinski definition) is 2. The summed E-state index contributed by atoms with van der Waals surface area (Å²) in [6, 6.07) is 7.85. The lowest BCUT2D eigenvalue weighted by molar-refractivity contribution is -0.235. The normalized spacial score (nSPS) is 33.8. The van der Waals surface area contributed by atoms with Crippen molar-refractivity contribution in [1.82, 2.24) is 4.90 Å². The first-order valence-electron chi connectivity index (χ1n) is 8.05. The molecule has 1 aliphatic heterocycles. The molecular weight excluding hydrogens is 358 g/mol. The fourth-order valence-corrected chi connectivity index (χ4v) is 5.46. The lowest BCUT2D eigenvalue weighted by atomic mass is 9.42. The molecule has 4 nitrogen and oxygen atoms in total. The molecule has 2 aliphatic rings. The summed E-state index contributed by atoms with van der Waals surface area (Å²) in [6.07, 6.45) is 0.613. The zero-order valence-electron chi connectivity index (χ0n) is 13.8. The summed E-state index contributed by atoms with van der Waals surface area (Å²) in [5.74, 6) is 0.0352. The number of carbonyl (C=O) groups is 1. The number of rotatable bonds is 1. The van der Waals surface area contributed by atoms with Crippen LogP contribution in [0, 0.1) is 16.7 Å². The van der Waals surface area contributed by atoms with Crippen LogP contribution in [0.15, 0.2) is 28.7 Å². The molecule has 2 fully saturated rings. The molecule has 0 aromatic heterocycles. The highest BCUT2D eigenvalue weighted by atomic mass is 79.9. The molecule has 5 heteroatoms. The zero-order valence-corrected chi connectivity index (χ0v) is 15.4. The maximum atomic E-state index is 11.4. The number of benzene rings is 1. The van der Waals surface area contributed by atoms with Gasteiger partial charge < -0.3 is 15.1 Å². The van der Waals surface area contributed by atoms with E-state index in [1.54, 1.807) is 0 Å². The molecule has 1 amide bonds. The van der Waals surface area contributed by atoms with Gasteiger partial charge in [-0.15, -0.1) is 0 Å². The van der Waals surface area contributed by atoms with Gasteiger partial charge in [0.25, 0.3) is 0 Å². The highest BCUT2D eigenvalue weighted by Crippen LogP contribution is 2.67. The highest BCUT2D eigenvalue weighted by molar-refractivity contribution is 9.10. The van der Waals surface area contributed by atoms with Crippen LogP contribution in [0.2, 0.25) is 0 Å². The second-order valence-electron chi connectivity index (χ2n) is 8.22. The van der Waals surface area contributed by atoms with E-state index in [0.29, 0.717) is 19.5 Å². The van der Waals surface area contributed by atoms with Crippen LogP contribution < -0.4 is 0 Å². The van der Waals surface area contributed by atoms with E-state index >= 15 is 0 Å². The lowest BCUT2D eigenvalue weighted by Gasteiger charge is -2.64. The molecule has 3 unspecified atom stereocenters. The third kappa shape index (κ3) is 2.58. The number of halogens is 1. The Morgan fingerprint density at radius 3 is 2.39 bits per heavy atom. The predicted molar refractivity (Wildman–Crippen MR) is 92.2 cm³/mol. The van der Waals surface area contributed by atoms with Gasteiger partial charge in [0.1, 0.15) is 0 Å². The summed E-state index contributed by atoms with van der Waals surface area (Å²) in [4.78, 5) is 12.8. The van der Waals surface area contributed by atoms with Crippen molar-refractivity contribution >= 4 is 22.0 Å². The van der Waals surface area contributed by atoms with Crippen LogP contribution in [0.5, 0.6) is 0 Å². The maximum absolute atomic E-state index is 11.4. The maximum Gasteiger partial charge on any atom is 0.407 e. The number of aliphatic hydroxyl groups is 1. The Hall–Kier alpha value is -1.07. The summed E-state index contributed by atoms with van der Waals surface area (Å²) < 4.78 is 0.990. The van der Waals surface area contributed by atoms with E-state index < -0.39 is 11.7 Å². The van der Waals surface area contributed by atoms with E-state index in [4.69, 9.17) is 0 Å². The van der Waals surface area contributed by atoms with Crippen LogP contribution in [0.25, 0.3) is 0 Å². The fourth-order valence-electron chi connectivity index (χ4n) is 5.20. The molecule has 3 rings (SSSR count). The van der Waals surface area contributed by atoms with Crippen molar-refractivity contribution in [1.29, 1.82) is 0 Å². The molecule has 1 aliphatic carbocycles. The first kappa shape index (κ1) is 16.8. The van der Waals surface area contributed by atoms with E-state index in [-0.39, 0.29) is 16.7 Å². The summed E-state index contributed by atoms with van der Waals surface area (Å²) in [7, 11) is 0. The van der Waals surface area contributed by atoms with Gasteiger partial charge in [0.15, 0.2) is 0 Å². The van der Waals surface area contributed by atoms with Crippen LogP contribution in [-0.4, -0.2) is 34.3 Å². The van der Waals surface area contributed by atoms with Crippen molar-refractivity contribution in [2.24, 2.45) is 16.7 Å². The van der Waals surface area contributed by atoms with Crippen LogP contribution in [0.3, 0.4) is 0 Å². The lowest BCUT2D eigenvalue weighted by Crippen LogP contribution is -2.64. The Morgan fingerprint density at radius 1 is 1.30 bits per heavy atom. The SMILES string of the molecule is CC(C)(C)C1C2(CCN(C(=O)O)C2)CC1(O)c1ccc(Br)cc1. The predicted octanol–water partition coefficient (Wildman–Crippen LogP) is 4.07. The van der Waals surface area contributed by atoms with Crippen molar-refractivity contribution in [2.45, 2.75) is 39.2 Å². The topological polar surface area (TPSA) is 60.8 Å². The van der Waals surface area contributed by atoms with Crippen molar-refractivity contribution < 1.29 is 15.0 Å². The number of likely N-dealkylation sites (tertiary alicyclic amines) is 1. The molecule has 1 heterocycles. The van der Waals surface area contributed by atoms with Gasteiger partial charge in [-0.05, 0) is 41.4 Å². The average Bonchev–Trinajstić information content (AvgIpc) is 2.82. The van der Waals surface area contributed by atoms with Gasteiger partial charge in [-0.2, -0.15) is 0 Å². The Labute approximate surface area is 145 Å². The first-order chi connectivity index (χ1) is 10.6. The minimum absolute atomic E-state index is 0.0352. The molecule has 23 heavy (non-hydrogen) atoms. The molecule has 1 aromatic carbocycles. The van der Waals surface area contributed by atoms with E-state index in [9.17, 15) is 15.0 Å². The number of nitrogens with zero attached hydrogens (tertiary/aromatic N) is 1. The summed E-state index contributed by atoms with van der Waals surface area (Å²) in [6.45, 7) is 7.53. The Bertz CT molecular complexity index is 624. The van der Waals surface area contributed by atoms with Crippen molar-refractivity contribution in [3.05, 3.63) is 34.3 Å². The Kier molecular flexibility index (Phi) is 3.80. The molecule has 0 radical (unpaired) electrons. The second-order valence-corrected chi connectivity index (χ2v) is 9.14. The molecule has 0 bridgehead atoms. The van der Waals surface area contributed by atoms with Gasteiger partial charge in [-0.25, -0.2) is 4.79 Å². The van der Waals surface area contributed by atoms with Gasteiger partial charge in [0.05, 0.1) is 5.60 Å². The van der Waals surface area contributed by atoms with Crippen LogP contribution in [0.4, 0.5) is 4.79 Å².